The number of hydrogen-bond donors (Lipinski definition) is 1. The summed E-state index contributed by atoms with van der Waals surface area (Å²) in [5.41, 5.74) is 1.47. The van der Waals surface area contributed by atoms with E-state index in [0.717, 1.165) is 22.7 Å². The number of aromatic nitrogens is 1. The monoisotopic (exact) mass is 443 g/mol. The van der Waals surface area contributed by atoms with Crippen molar-refractivity contribution in [3.63, 3.8) is 0 Å². The molecule has 2 aromatic rings. The minimum absolute atomic E-state index is 0.109. The number of benzene rings is 1. The molecule has 0 aliphatic carbocycles. The van der Waals surface area contributed by atoms with Crippen LogP contribution < -0.4 is 4.74 Å². The lowest BCUT2D eigenvalue weighted by Crippen LogP contribution is -2.36. The van der Waals surface area contributed by atoms with Gasteiger partial charge in [0.25, 0.3) is 5.91 Å². The molecule has 1 atom stereocenters. The van der Waals surface area contributed by atoms with Crippen molar-refractivity contribution in [3.8, 4) is 5.75 Å². The summed E-state index contributed by atoms with van der Waals surface area (Å²) in [6, 6.07) is 6.70. The number of aryl methyl sites for hydroxylation is 2. The Kier molecular flexibility index (Phi) is 7.12. The van der Waals surface area contributed by atoms with Gasteiger partial charge in [-0.1, -0.05) is 19.1 Å². The fourth-order valence-electron chi connectivity index (χ4n) is 3.60. The third kappa shape index (κ3) is 4.80. The van der Waals surface area contributed by atoms with Crippen molar-refractivity contribution >= 4 is 23.0 Å². The lowest BCUT2D eigenvalue weighted by Gasteiger charge is -2.28. The van der Waals surface area contributed by atoms with Crippen LogP contribution in [0.2, 0.25) is 0 Å². The average molecular weight is 444 g/mol. The van der Waals surface area contributed by atoms with Crippen LogP contribution in [0.25, 0.3) is 0 Å². The normalized spacial score (nSPS) is 16.5. The van der Waals surface area contributed by atoms with Gasteiger partial charge in [0.2, 0.25) is 5.78 Å². The van der Waals surface area contributed by atoms with E-state index in [1.165, 1.54) is 11.3 Å². The highest BCUT2D eigenvalue weighted by atomic mass is 32.1. The molecule has 8 heteroatoms. The van der Waals surface area contributed by atoms with Crippen molar-refractivity contribution < 1.29 is 19.4 Å². The van der Waals surface area contributed by atoms with E-state index in [4.69, 9.17) is 4.74 Å². The number of nitrogens with zero attached hydrogens (tertiary/aromatic N) is 3. The molecule has 1 aromatic heterocycles. The Morgan fingerprint density at radius 3 is 2.48 bits per heavy atom. The maximum absolute atomic E-state index is 13.5. The molecule has 1 aliphatic heterocycles. The Balaban J connectivity index is 2.02. The molecule has 0 bridgehead atoms. The fourth-order valence-corrected chi connectivity index (χ4v) is 4.48. The van der Waals surface area contributed by atoms with Crippen molar-refractivity contribution in [1.29, 1.82) is 0 Å². The molecule has 1 aromatic carbocycles. The first-order valence-electron chi connectivity index (χ1n) is 10.3. The van der Waals surface area contributed by atoms with E-state index in [2.05, 4.69) is 4.98 Å². The SMILES string of the molecule is CCCOc1ccc([C@H]2C(C(=O)c3sc(C)nc3C)=C(O)C(=O)N2CCN(C)C)cc1. The first kappa shape index (κ1) is 23.0. The summed E-state index contributed by atoms with van der Waals surface area (Å²) < 4.78 is 5.66. The second-order valence-corrected chi connectivity index (χ2v) is 9.06. The van der Waals surface area contributed by atoms with Gasteiger partial charge in [-0.2, -0.15) is 0 Å². The van der Waals surface area contributed by atoms with Gasteiger partial charge < -0.3 is 19.6 Å². The van der Waals surface area contributed by atoms with E-state index in [1.807, 2.05) is 57.1 Å². The predicted octanol–water partition coefficient (Wildman–Crippen LogP) is 3.69. The first-order valence-corrected chi connectivity index (χ1v) is 11.2. The molecule has 7 nitrogen and oxygen atoms in total. The topological polar surface area (TPSA) is 83.0 Å². The van der Waals surface area contributed by atoms with E-state index in [0.29, 0.717) is 30.3 Å². The van der Waals surface area contributed by atoms with Crippen molar-refractivity contribution in [3.05, 3.63) is 56.7 Å². The highest BCUT2D eigenvalue weighted by Gasteiger charge is 2.44. The van der Waals surface area contributed by atoms with E-state index >= 15 is 0 Å². The number of hydrogen-bond acceptors (Lipinski definition) is 7. The van der Waals surface area contributed by atoms with Crippen LogP contribution in [0.3, 0.4) is 0 Å². The third-order valence-electron chi connectivity index (χ3n) is 5.11. The zero-order chi connectivity index (χ0) is 22.7. The molecule has 1 amide bonds. The van der Waals surface area contributed by atoms with Crippen LogP contribution in [0, 0.1) is 13.8 Å². The number of thiazole rings is 1. The van der Waals surface area contributed by atoms with Crippen LogP contribution in [-0.2, 0) is 4.79 Å². The summed E-state index contributed by atoms with van der Waals surface area (Å²) in [5.74, 6) is -0.631. The molecule has 1 aliphatic rings. The van der Waals surface area contributed by atoms with Crippen molar-refractivity contribution in [1.82, 2.24) is 14.8 Å². The predicted molar refractivity (Wildman–Crippen MR) is 121 cm³/mol. The van der Waals surface area contributed by atoms with Crippen LogP contribution in [0.1, 0.15) is 45.3 Å². The van der Waals surface area contributed by atoms with Gasteiger partial charge in [0.1, 0.15) is 5.75 Å². The molecule has 2 heterocycles. The molecule has 0 radical (unpaired) electrons. The number of aliphatic hydroxyl groups excluding tert-OH is 1. The number of ether oxygens (including phenoxy) is 1. The number of ketones is 1. The molecular formula is C23H29N3O4S. The van der Waals surface area contributed by atoms with Gasteiger partial charge >= 0.3 is 0 Å². The van der Waals surface area contributed by atoms with E-state index in [1.54, 1.807) is 11.8 Å². The van der Waals surface area contributed by atoms with Crippen molar-refractivity contribution in [2.75, 3.05) is 33.8 Å². The number of likely N-dealkylation sites (N-methyl/N-ethyl adjacent to an activating group) is 1. The molecule has 166 valence electrons. The van der Waals surface area contributed by atoms with Crippen LogP contribution in [-0.4, -0.2) is 65.4 Å². The van der Waals surface area contributed by atoms with E-state index in [-0.39, 0.29) is 11.4 Å². The molecule has 0 spiro atoms. The highest BCUT2D eigenvalue weighted by Crippen LogP contribution is 2.40. The number of carbonyl (C=O) groups is 2. The number of amides is 1. The van der Waals surface area contributed by atoms with Gasteiger partial charge in [0, 0.05) is 13.1 Å². The Morgan fingerprint density at radius 1 is 1.26 bits per heavy atom. The van der Waals surface area contributed by atoms with Gasteiger partial charge in [0.05, 0.1) is 33.8 Å². The van der Waals surface area contributed by atoms with E-state index in [9.17, 15) is 14.7 Å². The molecule has 0 unspecified atom stereocenters. The van der Waals surface area contributed by atoms with Gasteiger partial charge in [-0.05, 0) is 52.1 Å². The van der Waals surface area contributed by atoms with Gasteiger partial charge in [0.15, 0.2) is 5.76 Å². The quantitative estimate of drug-likeness (QED) is 0.595. The minimum atomic E-state index is -0.665. The maximum Gasteiger partial charge on any atom is 0.290 e. The second-order valence-electron chi connectivity index (χ2n) is 7.86. The van der Waals surface area contributed by atoms with Crippen LogP contribution in [0.4, 0.5) is 0 Å². The Hall–Kier alpha value is -2.71. The standard InChI is InChI=1S/C23H29N3O4S/c1-6-13-30-17-9-7-16(8-10-17)19-18(20(27)22-14(2)24-15(3)31-22)21(28)23(29)26(19)12-11-25(4)5/h7-10,19,28H,6,11-13H2,1-5H3/t19-/m0/s1. The Bertz CT molecular complexity index is 995. The highest BCUT2D eigenvalue weighted by molar-refractivity contribution is 7.14. The fraction of sp³-hybridized carbons (Fsp3) is 0.435. The van der Waals surface area contributed by atoms with Crippen LogP contribution >= 0.6 is 11.3 Å². The zero-order valence-corrected chi connectivity index (χ0v) is 19.5. The minimum Gasteiger partial charge on any atom is -0.503 e. The first-order chi connectivity index (χ1) is 14.7. The number of Topliss-reactive ketones (excluding diaryl/α,β-unsaturated/α-hetero) is 1. The summed E-state index contributed by atoms with van der Waals surface area (Å²) in [4.78, 5) is 34.7. The van der Waals surface area contributed by atoms with Gasteiger partial charge in [-0.15, -0.1) is 11.3 Å². The summed E-state index contributed by atoms with van der Waals surface area (Å²) in [6.45, 7) is 7.24. The summed E-state index contributed by atoms with van der Waals surface area (Å²) in [7, 11) is 3.83. The molecular weight excluding hydrogens is 414 g/mol. The molecule has 0 saturated heterocycles. The summed E-state index contributed by atoms with van der Waals surface area (Å²) in [5, 5.41) is 11.5. The van der Waals surface area contributed by atoms with Crippen LogP contribution in [0.15, 0.2) is 35.6 Å². The van der Waals surface area contributed by atoms with E-state index < -0.39 is 17.7 Å². The lowest BCUT2D eigenvalue weighted by atomic mass is 9.95. The third-order valence-corrected chi connectivity index (χ3v) is 6.19. The van der Waals surface area contributed by atoms with Crippen molar-refractivity contribution in [2.45, 2.75) is 33.2 Å². The second kappa shape index (κ2) is 9.62. The lowest BCUT2D eigenvalue weighted by molar-refractivity contribution is -0.129. The maximum atomic E-state index is 13.5. The smallest absolute Gasteiger partial charge is 0.290 e. The number of carbonyl (C=O) groups excluding carboxylic acids is 2. The number of rotatable bonds is 9. The Labute approximate surface area is 187 Å². The number of aliphatic hydroxyl groups is 1. The zero-order valence-electron chi connectivity index (χ0n) is 18.6. The summed E-state index contributed by atoms with van der Waals surface area (Å²) >= 11 is 1.28. The molecule has 31 heavy (non-hydrogen) atoms. The molecule has 0 saturated carbocycles. The molecule has 1 N–H and O–H groups in total. The average Bonchev–Trinajstić information content (AvgIpc) is 3.20. The molecule has 3 rings (SSSR count). The largest absolute Gasteiger partial charge is 0.503 e. The van der Waals surface area contributed by atoms with Crippen LogP contribution in [0.5, 0.6) is 5.75 Å². The van der Waals surface area contributed by atoms with Gasteiger partial charge in [-0.3, -0.25) is 9.59 Å². The Morgan fingerprint density at radius 2 is 1.94 bits per heavy atom. The summed E-state index contributed by atoms with van der Waals surface area (Å²) in [6.07, 6.45) is 0.903. The molecule has 0 fully saturated rings. The van der Waals surface area contributed by atoms with Crippen molar-refractivity contribution in [2.24, 2.45) is 0 Å². The van der Waals surface area contributed by atoms with Gasteiger partial charge in [-0.25, -0.2) is 4.98 Å².